The normalized spacial score (nSPS) is 18.2. The number of alkyl halides is 2. The maximum absolute atomic E-state index is 12.5. The van der Waals surface area contributed by atoms with E-state index >= 15 is 0 Å². The summed E-state index contributed by atoms with van der Waals surface area (Å²) in [6.07, 6.45) is 1.10. The van der Waals surface area contributed by atoms with Gasteiger partial charge in [0.25, 0.3) is 12.3 Å². The van der Waals surface area contributed by atoms with Gasteiger partial charge in [0.1, 0.15) is 18.4 Å². The number of halogens is 2. The van der Waals surface area contributed by atoms with Crippen molar-refractivity contribution in [2.75, 3.05) is 16.8 Å². The quantitative estimate of drug-likeness (QED) is 0.903. The molecule has 0 radical (unpaired) electrons. The largest absolute Gasteiger partial charge is 0.371 e. The van der Waals surface area contributed by atoms with Crippen molar-refractivity contribution in [2.45, 2.75) is 32.4 Å². The van der Waals surface area contributed by atoms with Gasteiger partial charge in [-0.2, -0.15) is 10.2 Å². The molecule has 1 aliphatic rings. The van der Waals surface area contributed by atoms with E-state index in [1.165, 1.54) is 12.4 Å². The van der Waals surface area contributed by atoms with Gasteiger partial charge in [-0.25, -0.2) is 8.78 Å². The molecular formula is C14H18F2N6O. The van der Waals surface area contributed by atoms with Crippen LogP contribution in [0.5, 0.6) is 0 Å². The summed E-state index contributed by atoms with van der Waals surface area (Å²) in [4.78, 5) is 14.2. The Morgan fingerprint density at radius 1 is 1.48 bits per heavy atom. The van der Waals surface area contributed by atoms with Gasteiger partial charge in [-0.05, 0) is 13.3 Å². The van der Waals surface area contributed by atoms with E-state index in [4.69, 9.17) is 0 Å². The SMILES string of the molecule is Cc1cc(N2CC[C@@H](Nc3cnn(CC(F)F)c3)C2=O)n(C)n1. The Balaban J connectivity index is 1.67. The topological polar surface area (TPSA) is 68.0 Å². The average Bonchev–Trinajstić information content (AvgIpc) is 3.12. The molecule has 0 unspecified atom stereocenters. The fraction of sp³-hybridized carbons (Fsp3) is 0.500. The summed E-state index contributed by atoms with van der Waals surface area (Å²) < 4.78 is 27.5. The summed E-state index contributed by atoms with van der Waals surface area (Å²) in [7, 11) is 1.80. The number of anilines is 2. The van der Waals surface area contributed by atoms with Crippen molar-refractivity contribution in [1.29, 1.82) is 0 Å². The number of aryl methyl sites for hydroxylation is 2. The van der Waals surface area contributed by atoms with Crippen molar-refractivity contribution in [1.82, 2.24) is 19.6 Å². The Kier molecular flexibility index (Phi) is 4.01. The molecule has 1 atom stereocenters. The van der Waals surface area contributed by atoms with Crippen molar-refractivity contribution in [3.8, 4) is 0 Å². The van der Waals surface area contributed by atoms with Crippen molar-refractivity contribution < 1.29 is 13.6 Å². The highest BCUT2D eigenvalue weighted by atomic mass is 19.3. The van der Waals surface area contributed by atoms with Crippen LogP contribution < -0.4 is 10.2 Å². The van der Waals surface area contributed by atoms with Crippen molar-refractivity contribution in [3.63, 3.8) is 0 Å². The zero-order chi connectivity index (χ0) is 16.6. The zero-order valence-electron chi connectivity index (χ0n) is 12.9. The summed E-state index contributed by atoms with van der Waals surface area (Å²) in [6.45, 7) is 2.00. The summed E-state index contributed by atoms with van der Waals surface area (Å²) >= 11 is 0. The number of nitrogens with one attached hydrogen (secondary N) is 1. The molecule has 3 heterocycles. The fourth-order valence-electron chi connectivity index (χ4n) is 2.77. The molecule has 124 valence electrons. The van der Waals surface area contributed by atoms with Gasteiger partial charge in [0.05, 0.1) is 17.6 Å². The van der Waals surface area contributed by atoms with Crippen molar-refractivity contribution in [3.05, 3.63) is 24.2 Å². The highest BCUT2D eigenvalue weighted by molar-refractivity contribution is 6.00. The smallest absolute Gasteiger partial charge is 0.257 e. The maximum Gasteiger partial charge on any atom is 0.257 e. The molecular weight excluding hydrogens is 306 g/mol. The summed E-state index contributed by atoms with van der Waals surface area (Å²) in [5, 5.41) is 11.2. The molecule has 23 heavy (non-hydrogen) atoms. The third-order valence-corrected chi connectivity index (χ3v) is 3.76. The molecule has 0 bridgehead atoms. The van der Waals surface area contributed by atoms with Crippen LogP contribution in [0.3, 0.4) is 0 Å². The zero-order valence-corrected chi connectivity index (χ0v) is 12.9. The van der Waals surface area contributed by atoms with Crippen LogP contribution in [0, 0.1) is 6.92 Å². The molecule has 7 nitrogen and oxygen atoms in total. The first kappa shape index (κ1) is 15.4. The molecule has 1 aliphatic heterocycles. The molecule has 3 rings (SSSR count). The highest BCUT2D eigenvalue weighted by Gasteiger charge is 2.34. The van der Waals surface area contributed by atoms with Gasteiger partial charge < -0.3 is 5.32 Å². The molecule has 2 aromatic heterocycles. The summed E-state index contributed by atoms with van der Waals surface area (Å²) in [6, 6.07) is 1.47. The second-order valence-electron chi connectivity index (χ2n) is 5.59. The first-order chi connectivity index (χ1) is 10.9. The van der Waals surface area contributed by atoms with E-state index in [0.29, 0.717) is 18.7 Å². The number of aromatic nitrogens is 4. The molecule has 1 amide bonds. The van der Waals surface area contributed by atoms with E-state index in [1.54, 1.807) is 16.6 Å². The Hall–Kier alpha value is -2.45. The minimum atomic E-state index is -2.46. The molecule has 1 N–H and O–H groups in total. The number of rotatable bonds is 5. The predicted octanol–water partition coefficient (Wildman–Crippen LogP) is 1.41. The average molecular weight is 324 g/mol. The minimum Gasteiger partial charge on any atom is -0.371 e. The third kappa shape index (κ3) is 3.17. The third-order valence-electron chi connectivity index (χ3n) is 3.76. The highest BCUT2D eigenvalue weighted by Crippen LogP contribution is 2.24. The van der Waals surface area contributed by atoms with E-state index < -0.39 is 19.0 Å². The minimum absolute atomic E-state index is 0.0605. The molecule has 1 fully saturated rings. The maximum atomic E-state index is 12.5. The van der Waals surface area contributed by atoms with Crippen LogP contribution in [0.2, 0.25) is 0 Å². The summed E-state index contributed by atoms with van der Waals surface area (Å²) in [5.74, 6) is 0.694. The van der Waals surface area contributed by atoms with E-state index in [0.717, 1.165) is 16.2 Å². The number of carbonyl (C=O) groups excluding carboxylic acids is 1. The van der Waals surface area contributed by atoms with Crippen LogP contribution in [0.4, 0.5) is 20.3 Å². The lowest BCUT2D eigenvalue weighted by molar-refractivity contribution is -0.117. The van der Waals surface area contributed by atoms with Crippen molar-refractivity contribution >= 4 is 17.4 Å². The predicted molar refractivity (Wildman–Crippen MR) is 80.6 cm³/mol. The number of nitrogens with zero attached hydrogens (tertiary/aromatic N) is 5. The Labute approximate surface area is 131 Å². The summed E-state index contributed by atoms with van der Waals surface area (Å²) in [5.41, 5.74) is 1.41. The van der Waals surface area contributed by atoms with Crippen molar-refractivity contribution in [2.24, 2.45) is 7.05 Å². The van der Waals surface area contributed by atoms with Gasteiger partial charge in [0.2, 0.25) is 0 Å². The lowest BCUT2D eigenvalue weighted by Gasteiger charge is -2.16. The van der Waals surface area contributed by atoms with Crippen LogP contribution in [0.15, 0.2) is 18.5 Å². The number of hydrogen-bond acceptors (Lipinski definition) is 4. The van der Waals surface area contributed by atoms with Gasteiger partial charge in [-0.3, -0.25) is 19.1 Å². The Morgan fingerprint density at radius 2 is 2.26 bits per heavy atom. The van der Waals surface area contributed by atoms with Gasteiger partial charge in [-0.1, -0.05) is 0 Å². The molecule has 0 aliphatic carbocycles. The second kappa shape index (κ2) is 5.98. The lowest BCUT2D eigenvalue weighted by Crippen LogP contribution is -2.34. The van der Waals surface area contributed by atoms with Crippen LogP contribution in [-0.4, -0.2) is 44.5 Å². The van der Waals surface area contributed by atoms with Gasteiger partial charge in [0, 0.05) is 25.9 Å². The number of carbonyl (C=O) groups is 1. The molecule has 0 aromatic carbocycles. The van der Waals surface area contributed by atoms with E-state index in [1.807, 2.05) is 13.0 Å². The monoisotopic (exact) mass is 324 g/mol. The van der Waals surface area contributed by atoms with E-state index in [-0.39, 0.29) is 5.91 Å². The lowest BCUT2D eigenvalue weighted by atomic mass is 10.2. The first-order valence-electron chi connectivity index (χ1n) is 7.33. The fourth-order valence-corrected chi connectivity index (χ4v) is 2.77. The molecule has 0 saturated carbocycles. The molecule has 9 heteroatoms. The Bertz CT molecular complexity index is 710. The van der Waals surface area contributed by atoms with Crippen LogP contribution >= 0.6 is 0 Å². The van der Waals surface area contributed by atoms with E-state index in [2.05, 4.69) is 15.5 Å². The first-order valence-corrected chi connectivity index (χ1v) is 7.33. The Morgan fingerprint density at radius 3 is 2.91 bits per heavy atom. The van der Waals surface area contributed by atoms with Crippen LogP contribution in [-0.2, 0) is 18.4 Å². The van der Waals surface area contributed by atoms with Gasteiger partial charge >= 0.3 is 0 Å². The van der Waals surface area contributed by atoms with Crippen LogP contribution in [0.25, 0.3) is 0 Å². The van der Waals surface area contributed by atoms with Crippen LogP contribution in [0.1, 0.15) is 12.1 Å². The van der Waals surface area contributed by atoms with Gasteiger partial charge in [-0.15, -0.1) is 0 Å². The standard InChI is InChI=1S/C14H18F2N6O/c1-9-5-13(20(2)19-9)22-4-3-11(14(22)23)18-10-6-17-21(7-10)8-12(15)16/h5-7,11-12,18H,3-4,8H2,1-2H3/t11-/m1/s1. The molecule has 0 spiro atoms. The second-order valence-corrected chi connectivity index (χ2v) is 5.59. The molecule has 2 aromatic rings. The van der Waals surface area contributed by atoms with E-state index in [9.17, 15) is 13.6 Å². The number of amides is 1. The van der Waals surface area contributed by atoms with Gasteiger partial charge in [0.15, 0.2) is 0 Å². The number of hydrogen-bond donors (Lipinski definition) is 1. The molecule has 1 saturated heterocycles.